The SMILES string of the molecule is O=C(NC1(C(=O)NC2CCN(c3ccccc3NC3CC3)CC2=O)CCCCC1)c1ccc(F)cc1. The van der Waals surface area contributed by atoms with E-state index in [-0.39, 0.29) is 18.2 Å². The zero-order valence-corrected chi connectivity index (χ0v) is 20.4. The predicted molar refractivity (Wildman–Crippen MR) is 137 cm³/mol. The van der Waals surface area contributed by atoms with Crippen LogP contribution in [0.15, 0.2) is 48.5 Å². The maximum absolute atomic E-state index is 13.5. The van der Waals surface area contributed by atoms with Crippen molar-refractivity contribution < 1.29 is 18.8 Å². The lowest BCUT2D eigenvalue weighted by molar-refractivity contribution is -0.133. The number of halogens is 1. The summed E-state index contributed by atoms with van der Waals surface area (Å²) < 4.78 is 13.3. The van der Waals surface area contributed by atoms with Gasteiger partial charge in [-0.2, -0.15) is 0 Å². The van der Waals surface area contributed by atoms with Crippen molar-refractivity contribution in [3.05, 3.63) is 59.9 Å². The molecular formula is C28H33FN4O3. The van der Waals surface area contributed by atoms with Gasteiger partial charge in [-0.05, 0) is 68.5 Å². The first-order valence-corrected chi connectivity index (χ1v) is 13.0. The summed E-state index contributed by atoms with van der Waals surface area (Å²) in [6, 6.07) is 13.2. The Labute approximate surface area is 210 Å². The summed E-state index contributed by atoms with van der Waals surface area (Å²) in [5.74, 6) is -1.17. The van der Waals surface area contributed by atoms with E-state index in [2.05, 4.69) is 20.9 Å². The molecule has 3 N–H and O–H groups in total. The van der Waals surface area contributed by atoms with Crippen molar-refractivity contribution in [2.75, 3.05) is 23.3 Å². The fourth-order valence-electron chi connectivity index (χ4n) is 5.25. The minimum absolute atomic E-state index is 0.0355. The molecule has 8 heteroatoms. The van der Waals surface area contributed by atoms with E-state index in [0.717, 1.165) is 30.6 Å². The molecule has 0 spiro atoms. The van der Waals surface area contributed by atoms with Gasteiger partial charge in [-0.3, -0.25) is 14.4 Å². The molecule has 0 aromatic heterocycles. The molecule has 36 heavy (non-hydrogen) atoms. The first-order valence-electron chi connectivity index (χ1n) is 13.0. The van der Waals surface area contributed by atoms with Gasteiger partial charge in [0.15, 0.2) is 5.78 Å². The van der Waals surface area contributed by atoms with E-state index >= 15 is 0 Å². The molecule has 1 atom stereocenters. The van der Waals surface area contributed by atoms with E-state index < -0.39 is 23.3 Å². The fraction of sp³-hybridized carbons (Fsp3) is 0.464. The molecule has 3 aliphatic rings. The number of hydrogen-bond donors (Lipinski definition) is 3. The van der Waals surface area contributed by atoms with Crippen LogP contribution in [0.1, 0.15) is 61.7 Å². The van der Waals surface area contributed by atoms with Crippen LogP contribution in [0.2, 0.25) is 0 Å². The largest absolute Gasteiger partial charge is 0.381 e. The molecule has 2 aromatic carbocycles. The maximum atomic E-state index is 13.5. The Morgan fingerprint density at radius 1 is 0.944 bits per heavy atom. The molecular weight excluding hydrogens is 459 g/mol. The molecule has 2 amide bonds. The van der Waals surface area contributed by atoms with Crippen LogP contribution < -0.4 is 20.9 Å². The highest BCUT2D eigenvalue weighted by Crippen LogP contribution is 2.33. The molecule has 1 unspecified atom stereocenters. The summed E-state index contributed by atoms with van der Waals surface area (Å²) in [7, 11) is 0. The first kappa shape index (κ1) is 24.3. The molecule has 5 rings (SSSR count). The standard InChI is InChI=1S/C28H33FN4O3/c29-20-10-8-19(9-11-20)26(35)32-28(15-4-1-5-16-28)27(36)31-23-14-17-33(18-25(23)34)24-7-3-2-6-22(24)30-21-12-13-21/h2-3,6-11,21,23,30H,1,4-5,12-18H2,(H,31,36)(H,32,35). The third-order valence-electron chi connectivity index (χ3n) is 7.51. The molecule has 1 aliphatic heterocycles. The summed E-state index contributed by atoms with van der Waals surface area (Å²) in [5.41, 5.74) is 1.29. The molecule has 190 valence electrons. The number of nitrogens with one attached hydrogen (secondary N) is 3. The van der Waals surface area contributed by atoms with Crippen LogP contribution >= 0.6 is 0 Å². The monoisotopic (exact) mass is 492 g/mol. The van der Waals surface area contributed by atoms with Crippen molar-refractivity contribution in [1.29, 1.82) is 0 Å². The van der Waals surface area contributed by atoms with Crippen molar-refractivity contribution in [3.63, 3.8) is 0 Å². The fourth-order valence-corrected chi connectivity index (χ4v) is 5.25. The van der Waals surface area contributed by atoms with Crippen LogP contribution in [0.4, 0.5) is 15.8 Å². The number of hydrogen-bond acceptors (Lipinski definition) is 5. The lowest BCUT2D eigenvalue weighted by Gasteiger charge is -2.39. The van der Waals surface area contributed by atoms with Crippen LogP contribution in [0.25, 0.3) is 0 Å². The molecule has 0 bridgehead atoms. The van der Waals surface area contributed by atoms with Crippen LogP contribution in [0, 0.1) is 5.82 Å². The van der Waals surface area contributed by atoms with E-state index in [4.69, 9.17) is 0 Å². The van der Waals surface area contributed by atoms with Gasteiger partial charge in [-0.1, -0.05) is 31.4 Å². The Kier molecular flexibility index (Phi) is 6.94. The maximum Gasteiger partial charge on any atom is 0.252 e. The number of carbonyl (C=O) groups is 3. The van der Waals surface area contributed by atoms with Gasteiger partial charge in [-0.15, -0.1) is 0 Å². The van der Waals surface area contributed by atoms with Gasteiger partial charge in [0, 0.05) is 18.2 Å². The number of amides is 2. The van der Waals surface area contributed by atoms with E-state index in [0.29, 0.717) is 37.4 Å². The molecule has 2 aromatic rings. The van der Waals surface area contributed by atoms with Gasteiger partial charge in [0.1, 0.15) is 11.4 Å². The molecule has 2 aliphatic carbocycles. The number of piperidine rings is 1. The van der Waals surface area contributed by atoms with Crippen LogP contribution in [-0.2, 0) is 9.59 Å². The molecule has 2 saturated carbocycles. The number of rotatable bonds is 7. The second kappa shape index (κ2) is 10.3. The Morgan fingerprint density at radius 2 is 1.67 bits per heavy atom. The first-order chi connectivity index (χ1) is 17.4. The molecule has 7 nitrogen and oxygen atoms in total. The Hall–Kier alpha value is -3.42. The van der Waals surface area contributed by atoms with Crippen molar-refractivity contribution in [2.45, 2.75) is 69.0 Å². The Balaban J connectivity index is 1.25. The summed E-state index contributed by atoms with van der Waals surface area (Å²) in [6.45, 7) is 0.873. The van der Waals surface area contributed by atoms with Gasteiger partial charge in [0.2, 0.25) is 5.91 Å². The number of para-hydroxylation sites is 2. The Morgan fingerprint density at radius 3 is 2.36 bits per heavy atom. The summed E-state index contributed by atoms with van der Waals surface area (Å²) in [5, 5.41) is 9.44. The third kappa shape index (κ3) is 5.37. The summed E-state index contributed by atoms with van der Waals surface area (Å²) >= 11 is 0. The van der Waals surface area contributed by atoms with E-state index in [1.54, 1.807) is 0 Å². The van der Waals surface area contributed by atoms with Gasteiger partial charge in [0.25, 0.3) is 5.91 Å². The number of benzene rings is 2. The van der Waals surface area contributed by atoms with E-state index in [1.807, 2.05) is 24.3 Å². The predicted octanol–water partition coefficient (Wildman–Crippen LogP) is 3.80. The normalized spacial score (nSPS) is 21.5. The quantitative estimate of drug-likeness (QED) is 0.547. The lowest BCUT2D eigenvalue weighted by Crippen LogP contribution is -2.63. The molecule has 3 fully saturated rings. The average Bonchev–Trinajstić information content (AvgIpc) is 3.70. The Bertz CT molecular complexity index is 1130. The van der Waals surface area contributed by atoms with Crippen LogP contribution in [0.3, 0.4) is 0 Å². The minimum atomic E-state index is -1.07. The summed E-state index contributed by atoms with van der Waals surface area (Å²) in [6.07, 6.45) is 6.49. The zero-order valence-electron chi connectivity index (χ0n) is 20.4. The van der Waals surface area contributed by atoms with E-state index in [1.165, 1.54) is 37.1 Å². The van der Waals surface area contributed by atoms with Crippen LogP contribution in [0.5, 0.6) is 0 Å². The zero-order chi connectivity index (χ0) is 25.1. The van der Waals surface area contributed by atoms with E-state index in [9.17, 15) is 18.8 Å². The van der Waals surface area contributed by atoms with Crippen LogP contribution in [-0.4, -0.2) is 48.3 Å². The van der Waals surface area contributed by atoms with Crippen molar-refractivity contribution in [2.24, 2.45) is 0 Å². The number of anilines is 2. The van der Waals surface area contributed by atoms with Gasteiger partial charge < -0.3 is 20.9 Å². The third-order valence-corrected chi connectivity index (χ3v) is 7.51. The lowest BCUT2D eigenvalue weighted by atomic mass is 9.80. The minimum Gasteiger partial charge on any atom is -0.381 e. The van der Waals surface area contributed by atoms with Gasteiger partial charge in [0.05, 0.1) is 24.0 Å². The highest BCUT2D eigenvalue weighted by molar-refractivity contribution is 6.01. The molecule has 1 saturated heterocycles. The second-order valence-corrected chi connectivity index (χ2v) is 10.2. The number of carbonyl (C=O) groups excluding carboxylic acids is 3. The number of nitrogens with zero attached hydrogens (tertiary/aromatic N) is 1. The number of Topliss-reactive ketones (excluding diaryl/α,β-unsaturated/α-hetero) is 1. The molecule has 1 heterocycles. The smallest absolute Gasteiger partial charge is 0.252 e. The second-order valence-electron chi connectivity index (χ2n) is 10.2. The number of ketones is 1. The van der Waals surface area contributed by atoms with Crippen molar-refractivity contribution in [1.82, 2.24) is 10.6 Å². The average molecular weight is 493 g/mol. The highest BCUT2D eigenvalue weighted by atomic mass is 19.1. The summed E-state index contributed by atoms with van der Waals surface area (Å²) in [4.78, 5) is 41.6. The van der Waals surface area contributed by atoms with Gasteiger partial charge >= 0.3 is 0 Å². The highest BCUT2D eigenvalue weighted by Gasteiger charge is 2.43. The van der Waals surface area contributed by atoms with Crippen molar-refractivity contribution >= 4 is 29.0 Å². The van der Waals surface area contributed by atoms with Gasteiger partial charge in [-0.25, -0.2) is 4.39 Å². The van der Waals surface area contributed by atoms with Crippen molar-refractivity contribution in [3.8, 4) is 0 Å². The molecule has 0 radical (unpaired) electrons. The topological polar surface area (TPSA) is 90.5 Å².